The largest absolute Gasteiger partial charge is 0.497 e. The van der Waals surface area contributed by atoms with E-state index >= 15 is 0 Å². The average molecular weight is 497 g/mol. The first kappa shape index (κ1) is 23.5. The number of ether oxygens (including phenoxy) is 2. The second kappa shape index (κ2) is 9.79. The molecule has 0 amide bonds. The lowest BCUT2D eigenvalue weighted by molar-refractivity contribution is -0.138. The van der Waals surface area contributed by atoms with Crippen LogP contribution in [0.4, 0.5) is 0 Å². The Morgan fingerprint density at radius 3 is 2.61 bits per heavy atom. The van der Waals surface area contributed by atoms with Crippen molar-refractivity contribution in [2.24, 2.45) is 4.99 Å². The fraction of sp³-hybridized carbons (Fsp3) is 0.138. The fourth-order valence-electron chi connectivity index (χ4n) is 4.41. The Labute approximate surface area is 211 Å². The molecule has 0 unspecified atom stereocenters. The summed E-state index contributed by atoms with van der Waals surface area (Å²) in [4.78, 5) is 32.1. The van der Waals surface area contributed by atoms with Gasteiger partial charge in [0.05, 0.1) is 29.0 Å². The number of esters is 1. The number of fused-ring (bicyclic) bond motifs is 2. The van der Waals surface area contributed by atoms with Crippen molar-refractivity contribution in [1.82, 2.24) is 4.57 Å². The number of methoxy groups -OCH3 is 1. The molecule has 1 aliphatic rings. The Morgan fingerprint density at radius 1 is 1.11 bits per heavy atom. The molecule has 0 spiro atoms. The number of carbonyl (C=O) groups excluding carboxylic acids is 1. The SMILES string of the molecule is C=CCOC(=O)C1=C(C)N=c2s/c(=C\c3cccc4ccccc34)c(=O)n2[C@H]1c1ccc(OC)cc1. The molecule has 0 radical (unpaired) electrons. The summed E-state index contributed by atoms with van der Waals surface area (Å²) in [5.41, 5.74) is 2.33. The van der Waals surface area contributed by atoms with Crippen LogP contribution in [0.5, 0.6) is 5.75 Å². The predicted octanol–water partition coefficient (Wildman–Crippen LogP) is 4.13. The Morgan fingerprint density at radius 2 is 1.86 bits per heavy atom. The molecule has 0 bridgehead atoms. The van der Waals surface area contributed by atoms with Crippen molar-refractivity contribution in [2.75, 3.05) is 13.7 Å². The zero-order valence-electron chi connectivity index (χ0n) is 19.9. The van der Waals surface area contributed by atoms with Crippen LogP contribution in [0.3, 0.4) is 0 Å². The highest BCUT2D eigenvalue weighted by atomic mass is 32.1. The summed E-state index contributed by atoms with van der Waals surface area (Å²) >= 11 is 1.31. The van der Waals surface area contributed by atoms with Crippen molar-refractivity contribution in [3.63, 3.8) is 0 Å². The van der Waals surface area contributed by atoms with E-state index < -0.39 is 12.0 Å². The van der Waals surface area contributed by atoms with Gasteiger partial charge in [-0.25, -0.2) is 9.79 Å². The summed E-state index contributed by atoms with van der Waals surface area (Å²) in [5, 5.41) is 2.15. The zero-order chi connectivity index (χ0) is 25.2. The number of allylic oxidation sites excluding steroid dienone is 1. The number of aromatic nitrogens is 1. The van der Waals surface area contributed by atoms with Gasteiger partial charge in [-0.15, -0.1) is 0 Å². The van der Waals surface area contributed by atoms with Crippen molar-refractivity contribution in [3.8, 4) is 5.75 Å². The van der Waals surface area contributed by atoms with Gasteiger partial charge in [0.2, 0.25) is 0 Å². The van der Waals surface area contributed by atoms with Crippen LogP contribution >= 0.6 is 11.3 Å². The summed E-state index contributed by atoms with van der Waals surface area (Å²) in [7, 11) is 1.59. The molecular weight excluding hydrogens is 472 g/mol. The molecule has 7 heteroatoms. The number of thiazole rings is 1. The van der Waals surface area contributed by atoms with Crippen molar-refractivity contribution >= 4 is 34.2 Å². The number of hydrogen-bond acceptors (Lipinski definition) is 6. The normalized spacial score (nSPS) is 15.4. The van der Waals surface area contributed by atoms with E-state index in [0.717, 1.165) is 21.9 Å². The Balaban J connectivity index is 1.72. The molecule has 0 aliphatic carbocycles. The molecule has 5 rings (SSSR count). The van der Waals surface area contributed by atoms with Crippen molar-refractivity contribution in [2.45, 2.75) is 13.0 Å². The van der Waals surface area contributed by atoms with Gasteiger partial charge < -0.3 is 9.47 Å². The van der Waals surface area contributed by atoms with Gasteiger partial charge >= 0.3 is 5.97 Å². The van der Waals surface area contributed by atoms with E-state index in [2.05, 4.69) is 11.6 Å². The number of hydrogen-bond donors (Lipinski definition) is 0. The van der Waals surface area contributed by atoms with Crippen LogP contribution in [-0.2, 0) is 9.53 Å². The Kier molecular flexibility index (Phi) is 6.40. The highest BCUT2D eigenvalue weighted by Gasteiger charge is 2.33. The van der Waals surface area contributed by atoms with Gasteiger partial charge in [0.1, 0.15) is 12.4 Å². The van der Waals surface area contributed by atoms with Gasteiger partial charge in [-0.1, -0.05) is 78.6 Å². The van der Waals surface area contributed by atoms with Crippen LogP contribution in [0.15, 0.2) is 100 Å². The van der Waals surface area contributed by atoms with Crippen LogP contribution < -0.4 is 19.6 Å². The lowest BCUT2D eigenvalue weighted by Gasteiger charge is -2.24. The molecule has 1 atom stereocenters. The first-order chi connectivity index (χ1) is 17.5. The highest BCUT2D eigenvalue weighted by molar-refractivity contribution is 7.07. The maximum absolute atomic E-state index is 13.8. The standard InChI is InChI=1S/C29H24N2O4S/c1-4-16-35-28(33)25-18(2)30-29-31(26(25)20-12-14-22(34-3)15-13-20)27(32)24(36-29)17-21-10-7-9-19-8-5-6-11-23(19)21/h4-15,17,26H,1,16H2,2-3H3/b24-17-/t26-/m0/s1. The van der Waals surface area contributed by atoms with Gasteiger partial charge in [-0.2, -0.15) is 0 Å². The number of carbonyl (C=O) groups is 1. The van der Waals surface area contributed by atoms with E-state index in [-0.39, 0.29) is 12.2 Å². The number of rotatable bonds is 6. The number of benzene rings is 3. The smallest absolute Gasteiger partial charge is 0.338 e. The van der Waals surface area contributed by atoms with E-state index in [4.69, 9.17) is 9.47 Å². The highest BCUT2D eigenvalue weighted by Crippen LogP contribution is 2.31. The summed E-state index contributed by atoms with van der Waals surface area (Å²) in [5.74, 6) is 0.152. The Hall–Kier alpha value is -4.23. The van der Waals surface area contributed by atoms with Crippen LogP contribution in [0.25, 0.3) is 16.8 Å². The van der Waals surface area contributed by atoms with Gasteiger partial charge in [-0.05, 0) is 47.0 Å². The monoisotopic (exact) mass is 496 g/mol. The molecule has 6 nitrogen and oxygen atoms in total. The lowest BCUT2D eigenvalue weighted by Crippen LogP contribution is -2.39. The Bertz CT molecular complexity index is 1690. The van der Waals surface area contributed by atoms with E-state index in [0.29, 0.717) is 26.4 Å². The van der Waals surface area contributed by atoms with Crippen LogP contribution in [0.1, 0.15) is 24.1 Å². The molecule has 4 aromatic rings. The van der Waals surface area contributed by atoms with Crippen LogP contribution in [0.2, 0.25) is 0 Å². The summed E-state index contributed by atoms with van der Waals surface area (Å²) < 4.78 is 12.8. The van der Waals surface area contributed by atoms with E-state index in [1.165, 1.54) is 17.4 Å². The molecular formula is C29H24N2O4S. The third kappa shape index (κ3) is 4.18. The van der Waals surface area contributed by atoms with Gasteiger partial charge in [0, 0.05) is 0 Å². The average Bonchev–Trinajstić information content (AvgIpc) is 3.20. The van der Waals surface area contributed by atoms with E-state index in [1.807, 2.05) is 72.8 Å². The van der Waals surface area contributed by atoms with Gasteiger partial charge in [-0.3, -0.25) is 9.36 Å². The second-order valence-electron chi connectivity index (χ2n) is 8.31. The molecule has 36 heavy (non-hydrogen) atoms. The van der Waals surface area contributed by atoms with Gasteiger partial charge in [0.15, 0.2) is 4.80 Å². The fourth-order valence-corrected chi connectivity index (χ4v) is 5.45. The molecule has 0 saturated heterocycles. The molecule has 2 heterocycles. The third-order valence-electron chi connectivity index (χ3n) is 6.12. The van der Waals surface area contributed by atoms with Crippen molar-refractivity contribution < 1.29 is 14.3 Å². The van der Waals surface area contributed by atoms with E-state index in [9.17, 15) is 9.59 Å². The summed E-state index contributed by atoms with van der Waals surface area (Å²) in [6.45, 7) is 5.45. The molecule has 0 N–H and O–H groups in total. The molecule has 0 saturated carbocycles. The summed E-state index contributed by atoms with van der Waals surface area (Å²) in [6.07, 6.45) is 3.40. The predicted molar refractivity (Wildman–Crippen MR) is 142 cm³/mol. The quantitative estimate of drug-likeness (QED) is 0.297. The topological polar surface area (TPSA) is 69.9 Å². The first-order valence-electron chi connectivity index (χ1n) is 11.4. The van der Waals surface area contributed by atoms with Crippen molar-refractivity contribution in [1.29, 1.82) is 0 Å². The van der Waals surface area contributed by atoms with Crippen LogP contribution in [-0.4, -0.2) is 24.3 Å². The minimum Gasteiger partial charge on any atom is -0.497 e. The lowest BCUT2D eigenvalue weighted by atomic mass is 9.96. The number of nitrogens with zero attached hydrogens (tertiary/aromatic N) is 2. The molecule has 1 aromatic heterocycles. The maximum atomic E-state index is 13.8. The molecule has 180 valence electrons. The first-order valence-corrected chi connectivity index (χ1v) is 12.3. The van der Waals surface area contributed by atoms with Gasteiger partial charge in [0.25, 0.3) is 5.56 Å². The second-order valence-corrected chi connectivity index (χ2v) is 9.32. The molecule has 3 aromatic carbocycles. The van der Waals surface area contributed by atoms with Crippen LogP contribution in [0, 0.1) is 0 Å². The summed E-state index contributed by atoms with van der Waals surface area (Å²) in [6, 6.07) is 20.7. The molecule has 0 fully saturated rings. The van der Waals surface area contributed by atoms with Crippen molar-refractivity contribution in [3.05, 3.63) is 121 Å². The zero-order valence-corrected chi connectivity index (χ0v) is 20.7. The molecule has 1 aliphatic heterocycles. The maximum Gasteiger partial charge on any atom is 0.338 e. The van der Waals surface area contributed by atoms with E-state index in [1.54, 1.807) is 18.6 Å². The third-order valence-corrected chi connectivity index (χ3v) is 7.10. The minimum absolute atomic E-state index is 0.0659. The minimum atomic E-state index is -0.681.